The predicted molar refractivity (Wildman–Crippen MR) is 136 cm³/mol. The highest BCUT2D eigenvalue weighted by atomic mass is 16.3. The molecule has 2 aliphatic rings. The molecule has 1 aromatic heterocycles. The lowest BCUT2D eigenvalue weighted by molar-refractivity contribution is -0.132. The summed E-state index contributed by atoms with van der Waals surface area (Å²) in [7, 11) is 0. The number of aromatic nitrogens is 1. The molecule has 0 spiro atoms. The van der Waals surface area contributed by atoms with E-state index in [1.165, 1.54) is 0 Å². The van der Waals surface area contributed by atoms with E-state index in [4.69, 9.17) is 0 Å². The average Bonchev–Trinajstić information content (AvgIpc) is 3.54. The number of pyridine rings is 1. The van der Waals surface area contributed by atoms with Crippen molar-refractivity contribution < 1.29 is 9.90 Å². The van der Waals surface area contributed by atoms with Crippen molar-refractivity contribution in [2.45, 2.75) is 37.6 Å². The number of likely N-dealkylation sites (tertiary alicyclic amines) is 2. The largest absolute Gasteiger partial charge is 0.380 e. The number of benzene rings is 2. The van der Waals surface area contributed by atoms with Gasteiger partial charge in [0.15, 0.2) is 6.23 Å². The fraction of sp³-hybridized carbons (Fsp3) is 0.370. The Hall–Kier alpha value is -3.67. The van der Waals surface area contributed by atoms with Crippen molar-refractivity contribution >= 4 is 28.2 Å². The number of hydrogen-bond acceptors (Lipinski definition) is 7. The normalized spacial score (nSPS) is 21.1. The number of nitriles is 1. The number of carbonyl (C=O) groups is 1. The molecule has 2 aromatic carbocycles. The number of hydrogen-bond donors (Lipinski definition) is 3. The molecule has 0 radical (unpaired) electrons. The number of aliphatic hydroxyl groups is 1. The molecule has 5 rings (SSSR count). The number of para-hydroxylation sites is 1. The highest BCUT2D eigenvalue weighted by Gasteiger charge is 2.31. The summed E-state index contributed by atoms with van der Waals surface area (Å²) < 4.78 is 0. The first-order valence-electron chi connectivity index (χ1n) is 12.2. The van der Waals surface area contributed by atoms with E-state index in [1.54, 1.807) is 11.1 Å². The van der Waals surface area contributed by atoms with Crippen molar-refractivity contribution in [3.05, 3.63) is 66.4 Å². The van der Waals surface area contributed by atoms with Gasteiger partial charge in [-0.15, -0.1) is 0 Å². The summed E-state index contributed by atoms with van der Waals surface area (Å²) in [4.78, 5) is 21.2. The van der Waals surface area contributed by atoms with Gasteiger partial charge in [0.1, 0.15) is 6.04 Å². The highest BCUT2D eigenvalue weighted by molar-refractivity contribution is 5.94. The summed E-state index contributed by atoms with van der Waals surface area (Å²) >= 11 is 0. The van der Waals surface area contributed by atoms with Crippen LogP contribution >= 0.6 is 0 Å². The number of carbonyl (C=O) groups excluding carboxylic acids is 1. The van der Waals surface area contributed by atoms with E-state index in [0.717, 1.165) is 54.6 Å². The number of anilines is 2. The molecule has 8 nitrogen and oxygen atoms in total. The molecular formula is C27H30N6O2. The minimum absolute atomic E-state index is 0.0496. The van der Waals surface area contributed by atoms with Crippen molar-refractivity contribution in [1.29, 1.82) is 5.26 Å². The molecule has 0 bridgehead atoms. The summed E-state index contributed by atoms with van der Waals surface area (Å²) in [6.45, 7) is 2.64. The molecule has 3 heterocycles. The molecule has 180 valence electrons. The fourth-order valence-corrected chi connectivity index (χ4v) is 5.11. The van der Waals surface area contributed by atoms with E-state index < -0.39 is 6.23 Å². The van der Waals surface area contributed by atoms with Crippen molar-refractivity contribution in [3.8, 4) is 6.07 Å². The number of fused-ring (bicyclic) bond motifs is 1. The second-order valence-corrected chi connectivity index (χ2v) is 9.25. The SMILES string of the molecule is N#C[C@@H]1CCCN1C(=O)CN1CC[C@H](Nc2ccc(C(O)Nc3ccccc3)c3ncccc23)C1. The topological polar surface area (TPSA) is 105 Å². The molecule has 8 heteroatoms. The van der Waals surface area contributed by atoms with Gasteiger partial charge in [0.25, 0.3) is 0 Å². The molecule has 3 atom stereocenters. The third-order valence-electron chi connectivity index (χ3n) is 6.89. The minimum Gasteiger partial charge on any atom is -0.380 e. The van der Waals surface area contributed by atoms with Crippen LogP contribution < -0.4 is 10.6 Å². The van der Waals surface area contributed by atoms with E-state index in [-0.39, 0.29) is 18.0 Å². The van der Waals surface area contributed by atoms with Crippen LogP contribution in [-0.2, 0) is 4.79 Å². The van der Waals surface area contributed by atoms with Gasteiger partial charge < -0.3 is 20.6 Å². The summed E-state index contributed by atoms with van der Waals surface area (Å²) in [5.41, 5.74) is 3.26. The number of nitrogens with zero attached hydrogens (tertiary/aromatic N) is 4. The van der Waals surface area contributed by atoms with Crippen molar-refractivity contribution in [3.63, 3.8) is 0 Å². The van der Waals surface area contributed by atoms with E-state index in [0.29, 0.717) is 18.7 Å². The Morgan fingerprint density at radius 3 is 2.83 bits per heavy atom. The molecule has 1 amide bonds. The quantitative estimate of drug-likeness (QED) is 0.455. The van der Waals surface area contributed by atoms with Gasteiger partial charge in [0.05, 0.1) is 18.1 Å². The van der Waals surface area contributed by atoms with Crippen LogP contribution in [0.2, 0.25) is 0 Å². The van der Waals surface area contributed by atoms with Crippen molar-refractivity contribution in [2.75, 3.05) is 36.8 Å². The van der Waals surface area contributed by atoms with Gasteiger partial charge in [-0.3, -0.25) is 14.7 Å². The lowest BCUT2D eigenvalue weighted by Gasteiger charge is -2.23. The highest BCUT2D eigenvalue weighted by Crippen LogP contribution is 2.31. The van der Waals surface area contributed by atoms with E-state index in [9.17, 15) is 15.2 Å². The van der Waals surface area contributed by atoms with Crippen LogP contribution in [0.3, 0.4) is 0 Å². The molecule has 0 aliphatic carbocycles. The predicted octanol–water partition coefficient (Wildman–Crippen LogP) is 3.34. The van der Waals surface area contributed by atoms with Crippen LogP contribution in [0.5, 0.6) is 0 Å². The molecule has 1 unspecified atom stereocenters. The van der Waals surface area contributed by atoms with Gasteiger partial charge in [0, 0.05) is 54.2 Å². The molecule has 3 N–H and O–H groups in total. The van der Waals surface area contributed by atoms with Gasteiger partial charge in [-0.1, -0.05) is 24.3 Å². The van der Waals surface area contributed by atoms with E-state index in [1.807, 2.05) is 54.6 Å². The number of amides is 1. The van der Waals surface area contributed by atoms with Gasteiger partial charge in [-0.05, 0) is 49.6 Å². The number of rotatable bonds is 7. The summed E-state index contributed by atoms with van der Waals surface area (Å²) in [5, 5.41) is 27.8. The average molecular weight is 471 g/mol. The van der Waals surface area contributed by atoms with Crippen molar-refractivity contribution in [1.82, 2.24) is 14.8 Å². The molecule has 35 heavy (non-hydrogen) atoms. The monoisotopic (exact) mass is 470 g/mol. The first kappa shape index (κ1) is 23.1. The van der Waals surface area contributed by atoms with Crippen molar-refractivity contribution in [2.24, 2.45) is 0 Å². The van der Waals surface area contributed by atoms with Crippen LogP contribution in [0.4, 0.5) is 11.4 Å². The zero-order chi connectivity index (χ0) is 24.2. The molecule has 3 aromatic rings. The van der Waals surface area contributed by atoms with E-state index >= 15 is 0 Å². The summed E-state index contributed by atoms with van der Waals surface area (Å²) in [5.74, 6) is 0.0496. The Labute approximate surface area is 205 Å². The lowest BCUT2D eigenvalue weighted by Crippen LogP contribution is -2.42. The van der Waals surface area contributed by atoms with Gasteiger partial charge in [-0.25, -0.2) is 0 Å². The van der Waals surface area contributed by atoms with Gasteiger partial charge in [0.2, 0.25) is 5.91 Å². The summed E-state index contributed by atoms with van der Waals surface area (Å²) in [6, 6.07) is 19.6. The Morgan fingerprint density at radius 1 is 1.14 bits per heavy atom. The first-order valence-corrected chi connectivity index (χ1v) is 12.2. The third-order valence-corrected chi connectivity index (χ3v) is 6.89. The Balaban J connectivity index is 1.26. The second-order valence-electron chi connectivity index (χ2n) is 9.25. The molecule has 2 aliphatic heterocycles. The first-order chi connectivity index (χ1) is 17.1. The van der Waals surface area contributed by atoms with Crippen LogP contribution in [0, 0.1) is 11.3 Å². The van der Waals surface area contributed by atoms with Gasteiger partial charge in [-0.2, -0.15) is 5.26 Å². The minimum atomic E-state index is -0.889. The number of aliphatic hydroxyl groups excluding tert-OH is 1. The Kier molecular flexibility index (Phi) is 6.80. The molecule has 2 fully saturated rings. The maximum absolute atomic E-state index is 12.7. The standard InChI is InChI=1S/C27H30N6O2/c28-16-21-8-5-14-33(21)25(34)18-32-15-12-20(17-32)30-24-11-10-23(26-22(24)9-4-13-29-26)27(35)31-19-6-2-1-3-7-19/h1-4,6-7,9-11,13,20-21,27,30-31,35H,5,8,12,14-15,17-18H2/t20-,21-,27?/m0/s1. The van der Waals surface area contributed by atoms with Crippen LogP contribution in [0.15, 0.2) is 60.8 Å². The maximum atomic E-state index is 12.7. The van der Waals surface area contributed by atoms with Crippen LogP contribution in [-0.4, -0.2) is 64.1 Å². The smallest absolute Gasteiger partial charge is 0.237 e. The zero-order valence-electron chi connectivity index (χ0n) is 19.6. The Morgan fingerprint density at radius 2 is 2.00 bits per heavy atom. The zero-order valence-corrected chi connectivity index (χ0v) is 19.6. The van der Waals surface area contributed by atoms with Crippen LogP contribution in [0.25, 0.3) is 10.9 Å². The fourth-order valence-electron chi connectivity index (χ4n) is 5.11. The lowest BCUT2D eigenvalue weighted by atomic mass is 10.1. The third kappa shape index (κ3) is 5.06. The van der Waals surface area contributed by atoms with Gasteiger partial charge >= 0.3 is 0 Å². The van der Waals surface area contributed by atoms with E-state index in [2.05, 4.69) is 26.6 Å². The molecular weight excluding hydrogens is 440 g/mol. The second kappa shape index (κ2) is 10.3. The number of nitrogens with one attached hydrogen (secondary N) is 2. The Bertz CT molecular complexity index is 1230. The molecule has 2 saturated heterocycles. The van der Waals surface area contributed by atoms with Crippen LogP contribution in [0.1, 0.15) is 31.1 Å². The summed E-state index contributed by atoms with van der Waals surface area (Å²) in [6.07, 6.45) is 3.46. The molecule has 0 saturated carbocycles. The maximum Gasteiger partial charge on any atom is 0.237 e.